The zero-order valence-electron chi connectivity index (χ0n) is 11.0. The van der Waals surface area contributed by atoms with Gasteiger partial charge in [-0.3, -0.25) is 4.79 Å². The quantitative estimate of drug-likeness (QED) is 0.478. The Labute approximate surface area is 131 Å². The number of ether oxygens (including phenoxy) is 1. The van der Waals surface area contributed by atoms with Crippen LogP contribution in [-0.4, -0.2) is 27.2 Å². The summed E-state index contributed by atoms with van der Waals surface area (Å²) in [4.78, 5) is 23.8. The predicted octanol–water partition coefficient (Wildman–Crippen LogP) is 3.80. The molecule has 1 aliphatic carbocycles. The monoisotopic (exact) mass is 337 g/mol. The van der Waals surface area contributed by atoms with Gasteiger partial charge in [-0.05, 0) is 24.8 Å². The number of alkyl halides is 3. The van der Waals surface area contributed by atoms with E-state index in [9.17, 15) is 9.59 Å². The van der Waals surface area contributed by atoms with Crippen molar-refractivity contribution in [1.29, 1.82) is 0 Å². The Bertz CT molecular complexity index is 542. The Kier molecular flexibility index (Phi) is 4.38. The van der Waals surface area contributed by atoms with Crippen LogP contribution in [-0.2, 0) is 4.74 Å². The highest BCUT2D eigenvalue weighted by atomic mass is 35.6. The van der Waals surface area contributed by atoms with Gasteiger partial charge in [-0.2, -0.15) is 0 Å². The molecule has 0 unspecified atom stereocenters. The van der Waals surface area contributed by atoms with Gasteiger partial charge >= 0.3 is 5.97 Å². The van der Waals surface area contributed by atoms with Crippen molar-refractivity contribution in [2.75, 3.05) is 7.11 Å². The summed E-state index contributed by atoms with van der Waals surface area (Å²) in [7, 11) is 1.29. The number of esters is 1. The van der Waals surface area contributed by atoms with Gasteiger partial charge in [0.2, 0.25) is 5.78 Å². The lowest BCUT2D eigenvalue weighted by Crippen LogP contribution is -2.27. The van der Waals surface area contributed by atoms with E-state index >= 15 is 0 Å². The lowest BCUT2D eigenvalue weighted by molar-refractivity contribution is 0.0578. The first kappa shape index (κ1) is 15.7. The second-order valence-corrected chi connectivity index (χ2v) is 7.35. The lowest BCUT2D eigenvalue weighted by atomic mass is 9.81. The van der Waals surface area contributed by atoms with Gasteiger partial charge in [0.05, 0.1) is 7.11 Å². The second kappa shape index (κ2) is 5.58. The fraction of sp³-hybridized carbons (Fsp3) is 0.538. The molecular formula is C13H14Cl3NO3. The summed E-state index contributed by atoms with van der Waals surface area (Å²) in [6.45, 7) is 2.13. The molecule has 7 heteroatoms. The Morgan fingerprint density at radius 1 is 1.35 bits per heavy atom. The van der Waals surface area contributed by atoms with Crippen molar-refractivity contribution in [3.8, 4) is 0 Å². The maximum absolute atomic E-state index is 12.0. The van der Waals surface area contributed by atoms with Crippen LogP contribution in [0.5, 0.6) is 0 Å². The van der Waals surface area contributed by atoms with Crippen LogP contribution in [0.25, 0.3) is 0 Å². The Morgan fingerprint density at radius 3 is 2.40 bits per heavy atom. The molecular weight excluding hydrogens is 325 g/mol. The summed E-state index contributed by atoms with van der Waals surface area (Å²) in [5.41, 5.74) is 0.506. The second-order valence-electron chi connectivity index (χ2n) is 5.07. The molecule has 110 valence electrons. The van der Waals surface area contributed by atoms with E-state index in [2.05, 4.69) is 6.92 Å². The number of methoxy groups -OCH3 is 1. The van der Waals surface area contributed by atoms with E-state index in [4.69, 9.17) is 39.5 Å². The van der Waals surface area contributed by atoms with Crippen LogP contribution < -0.4 is 0 Å². The molecule has 1 heterocycles. The summed E-state index contributed by atoms with van der Waals surface area (Å²) >= 11 is 16.8. The number of rotatable bonds is 3. The minimum absolute atomic E-state index is 0.177. The number of carbonyl (C=O) groups excluding carboxylic acids is 2. The largest absolute Gasteiger partial charge is 0.464 e. The van der Waals surface area contributed by atoms with E-state index in [-0.39, 0.29) is 11.6 Å². The summed E-state index contributed by atoms with van der Waals surface area (Å²) in [6.07, 6.45) is 3.45. The molecule has 1 fully saturated rings. The third kappa shape index (κ3) is 2.97. The van der Waals surface area contributed by atoms with Crippen molar-refractivity contribution in [1.82, 2.24) is 4.57 Å². The van der Waals surface area contributed by atoms with E-state index in [1.54, 1.807) is 10.8 Å². The predicted molar refractivity (Wildman–Crippen MR) is 77.8 cm³/mol. The third-order valence-corrected chi connectivity index (χ3v) is 4.02. The van der Waals surface area contributed by atoms with E-state index in [1.807, 2.05) is 0 Å². The van der Waals surface area contributed by atoms with Gasteiger partial charge in [0.15, 0.2) is 0 Å². The molecule has 0 bridgehead atoms. The normalized spacial score (nSPS) is 22.2. The Balaban J connectivity index is 2.37. The van der Waals surface area contributed by atoms with Crippen LogP contribution in [0.1, 0.15) is 46.7 Å². The molecule has 0 saturated heterocycles. The average Bonchev–Trinajstić information content (AvgIpc) is 2.76. The van der Waals surface area contributed by atoms with Gasteiger partial charge in [-0.15, -0.1) is 0 Å². The Morgan fingerprint density at radius 2 is 1.95 bits per heavy atom. The van der Waals surface area contributed by atoms with Gasteiger partial charge in [-0.25, -0.2) is 4.79 Å². The fourth-order valence-electron chi connectivity index (χ4n) is 2.42. The minimum atomic E-state index is -2.04. The van der Waals surface area contributed by atoms with Gasteiger partial charge in [0.25, 0.3) is 3.79 Å². The minimum Gasteiger partial charge on any atom is -0.464 e. The lowest BCUT2D eigenvalue weighted by Gasteiger charge is -2.34. The van der Waals surface area contributed by atoms with Crippen molar-refractivity contribution in [2.24, 2.45) is 5.92 Å². The first-order valence-electron chi connectivity index (χ1n) is 6.15. The molecule has 0 amide bonds. The first-order valence-corrected chi connectivity index (χ1v) is 7.29. The number of hydrogen-bond donors (Lipinski definition) is 0. The maximum atomic E-state index is 12.0. The summed E-state index contributed by atoms with van der Waals surface area (Å²) in [5.74, 6) is -0.563. The first-order chi connectivity index (χ1) is 9.24. The standard InChI is InChI=1S/C13H14Cl3NO3/c1-7-3-9(4-7)17-6-8(11(18)13(14,15)16)5-10(17)12(19)20-2/h5-7,9H,3-4H2,1-2H3. The van der Waals surface area contributed by atoms with Crippen LogP contribution in [0.15, 0.2) is 12.3 Å². The zero-order chi connectivity index (χ0) is 15.1. The molecule has 0 spiro atoms. The third-order valence-electron chi connectivity index (χ3n) is 3.51. The van der Waals surface area contributed by atoms with Gasteiger partial charge in [0.1, 0.15) is 5.69 Å². The van der Waals surface area contributed by atoms with Gasteiger partial charge in [-0.1, -0.05) is 41.7 Å². The molecule has 1 saturated carbocycles. The SMILES string of the molecule is COC(=O)c1cc(C(=O)C(Cl)(Cl)Cl)cn1C1CC(C)C1. The molecule has 1 aliphatic rings. The molecule has 2 rings (SSSR count). The molecule has 0 aromatic carbocycles. The van der Waals surface area contributed by atoms with Gasteiger partial charge in [0, 0.05) is 17.8 Å². The number of carbonyl (C=O) groups is 2. The van der Waals surface area contributed by atoms with E-state index in [1.165, 1.54) is 13.2 Å². The van der Waals surface area contributed by atoms with Crippen molar-refractivity contribution in [3.63, 3.8) is 0 Å². The van der Waals surface area contributed by atoms with E-state index in [0.717, 1.165) is 12.8 Å². The topological polar surface area (TPSA) is 48.3 Å². The van der Waals surface area contributed by atoms with Crippen LogP contribution in [0, 0.1) is 5.92 Å². The van der Waals surface area contributed by atoms with Crippen LogP contribution in [0.3, 0.4) is 0 Å². The molecule has 20 heavy (non-hydrogen) atoms. The molecule has 1 aromatic heterocycles. The number of hydrogen-bond acceptors (Lipinski definition) is 3. The number of Topliss-reactive ketones (excluding diaryl/α,β-unsaturated/α-hetero) is 1. The average molecular weight is 339 g/mol. The maximum Gasteiger partial charge on any atom is 0.354 e. The highest BCUT2D eigenvalue weighted by Gasteiger charge is 2.36. The summed E-state index contributed by atoms with van der Waals surface area (Å²) in [6, 6.07) is 1.59. The summed E-state index contributed by atoms with van der Waals surface area (Å²) in [5, 5.41) is 0. The van der Waals surface area contributed by atoms with Crippen LogP contribution in [0.2, 0.25) is 0 Å². The smallest absolute Gasteiger partial charge is 0.354 e. The number of nitrogens with zero attached hydrogens (tertiary/aromatic N) is 1. The molecule has 0 aliphatic heterocycles. The van der Waals surface area contributed by atoms with Gasteiger partial charge < -0.3 is 9.30 Å². The number of ketones is 1. The van der Waals surface area contributed by atoms with E-state index in [0.29, 0.717) is 11.6 Å². The molecule has 0 N–H and O–H groups in total. The highest BCUT2D eigenvalue weighted by Crippen LogP contribution is 2.39. The molecule has 0 atom stereocenters. The van der Waals surface area contributed by atoms with Crippen molar-refractivity contribution >= 4 is 46.6 Å². The fourth-order valence-corrected chi connectivity index (χ4v) is 2.75. The van der Waals surface area contributed by atoms with Crippen molar-refractivity contribution in [2.45, 2.75) is 29.6 Å². The van der Waals surface area contributed by atoms with Crippen molar-refractivity contribution < 1.29 is 14.3 Å². The van der Waals surface area contributed by atoms with E-state index < -0.39 is 15.5 Å². The Hall–Kier alpha value is -0.710. The summed E-state index contributed by atoms with van der Waals surface area (Å²) < 4.78 is 4.44. The van der Waals surface area contributed by atoms with Crippen molar-refractivity contribution in [3.05, 3.63) is 23.5 Å². The molecule has 1 aromatic rings. The number of aromatic nitrogens is 1. The highest BCUT2D eigenvalue weighted by molar-refractivity contribution is 6.77. The molecule has 4 nitrogen and oxygen atoms in total. The van der Waals surface area contributed by atoms with Crippen LogP contribution >= 0.6 is 34.8 Å². The molecule has 0 radical (unpaired) electrons. The zero-order valence-corrected chi connectivity index (χ0v) is 13.3. The number of halogens is 3. The van der Waals surface area contributed by atoms with Crippen LogP contribution in [0.4, 0.5) is 0 Å².